The second-order valence-electron chi connectivity index (χ2n) is 4.83. The summed E-state index contributed by atoms with van der Waals surface area (Å²) in [6.07, 6.45) is 6.82. The first-order chi connectivity index (χ1) is 9.09. The van der Waals surface area contributed by atoms with E-state index in [0.29, 0.717) is 19.0 Å². The molecule has 108 valence electrons. The molecule has 0 bridgehead atoms. The van der Waals surface area contributed by atoms with E-state index < -0.39 is 10.0 Å². The lowest BCUT2D eigenvalue weighted by molar-refractivity contribution is 0.395. The Kier molecular flexibility index (Phi) is 4.86. The minimum Gasteiger partial charge on any atom is -0.270 e. The van der Waals surface area contributed by atoms with Crippen molar-refractivity contribution in [2.75, 3.05) is 12.4 Å². The second-order valence-corrected chi connectivity index (χ2v) is 7.10. The summed E-state index contributed by atoms with van der Waals surface area (Å²) in [5.41, 5.74) is 0. The smallest absolute Gasteiger partial charge is 0.246 e. The van der Waals surface area contributed by atoms with Crippen molar-refractivity contribution in [1.29, 1.82) is 0 Å². The molecule has 0 aromatic carbocycles. The van der Waals surface area contributed by atoms with Crippen LogP contribution in [0.5, 0.6) is 0 Å². The number of aromatic nitrogens is 2. The topological polar surface area (TPSA) is 55.2 Å². The average molecular weight is 306 g/mol. The Balaban J connectivity index is 2.17. The molecule has 1 heterocycles. The molecular weight excluding hydrogens is 286 g/mol. The highest BCUT2D eigenvalue weighted by molar-refractivity contribution is 7.89. The fourth-order valence-corrected chi connectivity index (χ4v) is 3.85. The van der Waals surface area contributed by atoms with Crippen LogP contribution in [-0.4, -0.2) is 41.0 Å². The van der Waals surface area contributed by atoms with Crippen LogP contribution in [0.2, 0.25) is 0 Å². The summed E-state index contributed by atoms with van der Waals surface area (Å²) in [6, 6.07) is 0.188. The normalized spacial score (nSPS) is 16.2. The van der Waals surface area contributed by atoms with Gasteiger partial charge in [-0.1, -0.05) is 13.3 Å². The molecule has 0 radical (unpaired) electrons. The van der Waals surface area contributed by atoms with Gasteiger partial charge in [0.05, 0.1) is 12.7 Å². The molecule has 0 unspecified atom stereocenters. The van der Waals surface area contributed by atoms with E-state index in [9.17, 15) is 8.42 Å². The zero-order chi connectivity index (χ0) is 13.9. The summed E-state index contributed by atoms with van der Waals surface area (Å²) < 4.78 is 28.4. The van der Waals surface area contributed by atoms with Gasteiger partial charge in [-0.2, -0.15) is 9.40 Å². The molecule has 19 heavy (non-hydrogen) atoms. The van der Waals surface area contributed by atoms with E-state index in [1.165, 1.54) is 6.20 Å². The van der Waals surface area contributed by atoms with Crippen LogP contribution in [0.15, 0.2) is 17.3 Å². The molecule has 2 rings (SSSR count). The third-order valence-corrected chi connectivity index (χ3v) is 5.29. The Bertz CT molecular complexity index is 511. The highest BCUT2D eigenvalue weighted by Crippen LogP contribution is 2.32. The SMILES string of the molecule is CCCCN(C1CC1)S(=O)(=O)c1cnn(CCCl)c1. The number of nitrogens with zero attached hydrogens (tertiary/aromatic N) is 3. The number of rotatable bonds is 8. The molecular formula is C12H20ClN3O2S. The predicted molar refractivity (Wildman–Crippen MR) is 74.8 cm³/mol. The van der Waals surface area contributed by atoms with Gasteiger partial charge in [0.2, 0.25) is 10.0 Å². The van der Waals surface area contributed by atoms with E-state index in [-0.39, 0.29) is 10.9 Å². The molecule has 0 atom stereocenters. The third kappa shape index (κ3) is 3.49. The van der Waals surface area contributed by atoms with Gasteiger partial charge in [-0.3, -0.25) is 4.68 Å². The van der Waals surface area contributed by atoms with E-state index in [0.717, 1.165) is 25.7 Å². The van der Waals surface area contributed by atoms with Crippen molar-refractivity contribution in [3.8, 4) is 0 Å². The summed E-state index contributed by atoms with van der Waals surface area (Å²) in [5.74, 6) is 0.420. The Morgan fingerprint density at radius 3 is 2.84 bits per heavy atom. The maximum absolute atomic E-state index is 12.6. The largest absolute Gasteiger partial charge is 0.270 e. The zero-order valence-electron chi connectivity index (χ0n) is 11.1. The van der Waals surface area contributed by atoms with Crippen LogP contribution in [-0.2, 0) is 16.6 Å². The molecule has 7 heteroatoms. The average Bonchev–Trinajstić information content (AvgIpc) is 3.08. The van der Waals surface area contributed by atoms with Crippen LogP contribution >= 0.6 is 11.6 Å². The van der Waals surface area contributed by atoms with E-state index in [1.807, 2.05) is 0 Å². The van der Waals surface area contributed by atoms with E-state index >= 15 is 0 Å². The van der Waals surface area contributed by atoms with Gasteiger partial charge in [-0.25, -0.2) is 8.42 Å². The lowest BCUT2D eigenvalue weighted by Gasteiger charge is -2.20. The first-order valence-electron chi connectivity index (χ1n) is 6.70. The number of halogens is 1. The van der Waals surface area contributed by atoms with Crippen molar-refractivity contribution >= 4 is 21.6 Å². The number of hydrogen-bond donors (Lipinski definition) is 0. The monoisotopic (exact) mass is 305 g/mol. The summed E-state index contributed by atoms with van der Waals surface area (Å²) >= 11 is 5.63. The van der Waals surface area contributed by atoms with Crippen molar-refractivity contribution in [3.63, 3.8) is 0 Å². The Morgan fingerprint density at radius 1 is 1.53 bits per heavy atom. The maximum atomic E-state index is 12.6. The zero-order valence-corrected chi connectivity index (χ0v) is 12.7. The number of aryl methyl sites for hydroxylation is 1. The molecule has 0 spiro atoms. The second kappa shape index (κ2) is 6.24. The fourth-order valence-electron chi connectivity index (χ4n) is 2.00. The van der Waals surface area contributed by atoms with Crippen LogP contribution in [0.3, 0.4) is 0 Å². The molecule has 1 aromatic rings. The highest BCUT2D eigenvalue weighted by Gasteiger charge is 2.38. The summed E-state index contributed by atoms with van der Waals surface area (Å²) in [5, 5.41) is 4.04. The molecule has 0 aliphatic heterocycles. The minimum atomic E-state index is -3.40. The van der Waals surface area contributed by atoms with Crippen molar-refractivity contribution in [1.82, 2.24) is 14.1 Å². The number of sulfonamides is 1. The molecule has 0 saturated heterocycles. The first-order valence-corrected chi connectivity index (χ1v) is 8.67. The molecule has 1 fully saturated rings. The van der Waals surface area contributed by atoms with Crippen molar-refractivity contribution in [3.05, 3.63) is 12.4 Å². The van der Waals surface area contributed by atoms with Gasteiger partial charge < -0.3 is 0 Å². The summed E-state index contributed by atoms with van der Waals surface area (Å²) in [6.45, 7) is 3.19. The van der Waals surface area contributed by atoms with Crippen molar-refractivity contribution in [2.24, 2.45) is 0 Å². The lowest BCUT2D eigenvalue weighted by atomic mass is 10.3. The van der Waals surface area contributed by atoms with E-state index in [2.05, 4.69) is 12.0 Å². The van der Waals surface area contributed by atoms with Gasteiger partial charge in [0.1, 0.15) is 4.90 Å². The Morgan fingerprint density at radius 2 is 2.26 bits per heavy atom. The van der Waals surface area contributed by atoms with Gasteiger partial charge in [-0.15, -0.1) is 11.6 Å². The van der Waals surface area contributed by atoms with Crippen molar-refractivity contribution in [2.45, 2.75) is 50.1 Å². The molecule has 0 amide bonds. The number of unbranched alkanes of at least 4 members (excludes halogenated alkanes) is 1. The highest BCUT2D eigenvalue weighted by atomic mass is 35.5. The minimum absolute atomic E-state index is 0.188. The Labute approximate surface area is 119 Å². The van der Waals surface area contributed by atoms with Gasteiger partial charge in [0.25, 0.3) is 0 Å². The van der Waals surface area contributed by atoms with Gasteiger partial charge >= 0.3 is 0 Å². The van der Waals surface area contributed by atoms with Crippen LogP contribution in [0, 0.1) is 0 Å². The fraction of sp³-hybridized carbons (Fsp3) is 0.750. The van der Waals surface area contributed by atoms with E-state index in [4.69, 9.17) is 11.6 Å². The Hall–Kier alpha value is -0.590. The molecule has 1 saturated carbocycles. The first kappa shape index (κ1) is 14.8. The lowest BCUT2D eigenvalue weighted by Crippen LogP contribution is -2.33. The molecule has 0 N–H and O–H groups in total. The summed E-state index contributed by atoms with van der Waals surface area (Å²) in [7, 11) is -3.40. The molecule has 5 nitrogen and oxygen atoms in total. The molecule has 1 aromatic heterocycles. The standard InChI is InChI=1S/C12H20ClN3O2S/c1-2-3-7-16(11-4-5-11)19(17,18)12-9-14-15(10-12)8-6-13/h9-11H,2-8H2,1H3. The predicted octanol–water partition coefficient (Wildman–Crippen LogP) is 2.08. The van der Waals surface area contributed by atoms with Crippen LogP contribution < -0.4 is 0 Å². The van der Waals surface area contributed by atoms with Crippen LogP contribution in [0.25, 0.3) is 0 Å². The molecule has 1 aliphatic carbocycles. The van der Waals surface area contributed by atoms with Crippen LogP contribution in [0.4, 0.5) is 0 Å². The van der Waals surface area contributed by atoms with Crippen LogP contribution in [0.1, 0.15) is 32.6 Å². The third-order valence-electron chi connectivity index (χ3n) is 3.22. The van der Waals surface area contributed by atoms with E-state index in [1.54, 1.807) is 15.2 Å². The van der Waals surface area contributed by atoms with Gasteiger partial charge in [0, 0.05) is 24.7 Å². The van der Waals surface area contributed by atoms with Crippen molar-refractivity contribution < 1.29 is 8.42 Å². The maximum Gasteiger partial charge on any atom is 0.246 e. The number of hydrogen-bond acceptors (Lipinski definition) is 3. The molecule has 1 aliphatic rings. The summed E-state index contributed by atoms with van der Waals surface area (Å²) in [4.78, 5) is 0.278. The number of alkyl halides is 1. The van der Waals surface area contributed by atoms with Gasteiger partial charge in [-0.05, 0) is 19.3 Å². The quantitative estimate of drug-likeness (QED) is 0.691. The van der Waals surface area contributed by atoms with Gasteiger partial charge in [0.15, 0.2) is 0 Å².